The molecule has 0 spiro atoms. The van der Waals surface area contributed by atoms with E-state index in [1.54, 1.807) is 13.0 Å². The van der Waals surface area contributed by atoms with Crippen molar-refractivity contribution in [3.63, 3.8) is 0 Å². The molecule has 1 N–H and O–H groups in total. The van der Waals surface area contributed by atoms with E-state index in [2.05, 4.69) is 21.2 Å². The zero-order valence-corrected chi connectivity index (χ0v) is 20.8. The maximum absolute atomic E-state index is 13.3. The Morgan fingerprint density at radius 2 is 2.03 bits per heavy atom. The van der Waals surface area contributed by atoms with Crippen molar-refractivity contribution in [1.82, 2.24) is 4.90 Å². The lowest BCUT2D eigenvalue weighted by Crippen LogP contribution is -2.36. The van der Waals surface area contributed by atoms with Gasteiger partial charge in [-0.05, 0) is 76.6 Å². The number of carbonyl (C=O) groups is 4. The Kier molecular flexibility index (Phi) is 8.70. The van der Waals surface area contributed by atoms with Crippen molar-refractivity contribution in [2.45, 2.75) is 6.92 Å². The van der Waals surface area contributed by atoms with E-state index in [0.717, 1.165) is 11.0 Å². The summed E-state index contributed by atoms with van der Waals surface area (Å²) in [4.78, 5) is 49.6. The summed E-state index contributed by atoms with van der Waals surface area (Å²) in [7, 11) is 0. The number of ether oxygens (including phenoxy) is 2. The number of carbonyl (C=O) groups excluding carboxylic acids is 4. The van der Waals surface area contributed by atoms with Crippen molar-refractivity contribution in [1.29, 1.82) is 0 Å². The molecule has 34 heavy (non-hydrogen) atoms. The number of hydrogen-bond acceptors (Lipinski definition) is 7. The molecule has 1 aliphatic rings. The van der Waals surface area contributed by atoms with E-state index in [9.17, 15) is 23.6 Å². The highest BCUT2D eigenvalue weighted by Crippen LogP contribution is 2.37. The van der Waals surface area contributed by atoms with Crippen LogP contribution in [-0.4, -0.2) is 47.7 Å². The van der Waals surface area contributed by atoms with Crippen LogP contribution < -0.4 is 10.1 Å². The predicted octanol–water partition coefficient (Wildman–Crippen LogP) is 4.86. The van der Waals surface area contributed by atoms with Gasteiger partial charge < -0.3 is 14.8 Å². The van der Waals surface area contributed by atoms with Gasteiger partial charge in [-0.15, -0.1) is 0 Å². The van der Waals surface area contributed by atoms with E-state index < -0.39 is 35.4 Å². The molecule has 0 aromatic heterocycles. The molecule has 1 saturated heterocycles. The van der Waals surface area contributed by atoms with Gasteiger partial charge in [-0.1, -0.05) is 17.7 Å². The number of imide groups is 1. The van der Waals surface area contributed by atoms with Gasteiger partial charge in [-0.2, -0.15) is 0 Å². The molecule has 0 atom stereocenters. The van der Waals surface area contributed by atoms with Gasteiger partial charge in [0.05, 0.1) is 21.0 Å². The van der Waals surface area contributed by atoms with Crippen LogP contribution in [0.2, 0.25) is 5.02 Å². The SMILES string of the molecule is CCOC(=O)COc1c(Cl)cc(/C=C2/SC(=O)N(CC(=O)Nc3cccc(F)c3)C2=O)cc1Br. The lowest BCUT2D eigenvalue weighted by molar-refractivity contribution is -0.145. The van der Waals surface area contributed by atoms with Crippen LogP contribution in [0, 0.1) is 5.82 Å². The third-order valence-electron chi connectivity index (χ3n) is 4.24. The first kappa shape index (κ1) is 25.7. The Morgan fingerprint density at radius 3 is 2.71 bits per heavy atom. The summed E-state index contributed by atoms with van der Waals surface area (Å²) < 4.78 is 23.9. The topological polar surface area (TPSA) is 102 Å². The minimum absolute atomic E-state index is 0.0896. The number of rotatable bonds is 8. The highest BCUT2D eigenvalue weighted by atomic mass is 79.9. The zero-order valence-electron chi connectivity index (χ0n) is 17.6. The number of benzene rings is 2. The Balaban J connectivity index is 1.69. The second-order valence-corrected chi connectivity index (χ2v) is 8.99. The fourth-order valence-electron chi connectivity index (χ4n) is 2.83. The van der Waals surface area contributed by atoms with Crippen molar-refractivity contribution in [3.8, 4) is 5.75 Å². The standard InChI is InChI=1S/C22H17BrClFN2O6S/c1-2-32-19(29)11-33-20-15(23)6-12(7-16(20)24)8-17-21(30)27(22(31)34-17)10-18(28)26-14-5-3-4-13(25)9-14/h3-9H,2,10-11H2,1H3,(H,26,28)/b17-8+. The summed E-state index contributed by atoms with van der Waals surface area (Å²) in [6.45, 7) is 1.04. The number of thioether (sulfide) groups is 1. The molecule has 2 aromatic rings. The molecule has 178 valence electrons. The van der Waals surface area contributed by atoms with Crippen LogP contribution in [0.4, 0.5) is 14.9 Å². The molecule has 12 heteroatoms. The fraction of sp³-hybridized carbons (Fsp3) is 0.182. The molecule has 0 radical (unpaired) electrons. The second kappa shape index (κ2) is 11.5. The first-order chi connectivity index (χ1) is 16.2. The summed E-state index contributed by atoms with van der Waals surface area (Å²) in [6.07, 6.45) is 1.45. The molecule has 3 rings (SSSR count). The minimum Gasteiger partial charge on any atom is -0.479 e. The molecule has 0 unspecified atom stereocenters. The molecule has 0 aliphatic carbocycles. The van der Waals surface area contributed by atoms with Crippen molar-refractivity contribution < 1.29 is 33.0 Å². The number of anilines is 1. The van der Waals surface area contributed by atoms with Crippen LogP contribution in [0.25, 0.3) is 6.08 Å². The number of nitrogens with one attached hydrogen (secondary N) is 1. The first-order valence-electron chi connectivity index (χ1n) is 9.76. The number of amides is 3. The minimum atomic E-state index is -0.653. The normalized spacial score (nSPS) is 14.5. The molecule has 0 bridgehead atoms. The molecular formula is C22H17BrClFN2O6S. The van der Waals surface area contributed by atoms with E-state index in [4.69, 9.17) is 21.1 Å². The monoisotopic (exact) mass is 570 g/mol. The van der Waals surface area contributed by atoms with Gasteiger partial charge in [0.1, 0.15) is 12.4 Å². The van der Waals surface area contributed by atoms with Gasteiger partial charge in [0.15, 0.2) is 12.4 Å². The van der Waals surface area contributed by atoms with E-state index >= 15 is 0 Å². The summed E-state index contributed by atoms with van der Waals surface area (Å²) in [5.41, 5.74) is 0.687. The maximum Gasteiger partial charge on any atom is 0.344 e. The number of esters is 1. The molecular weight excluding hydrogens is 555 g/mol. The highest BCUT2D eigenvalue weighted by molar-refractivity contribution is 9.10. The van der Waals surface area contributed by atoms with Crippen molar-refractivity contribution in [3.05, 3.63) is 62.2 Å². The van der Waals surface area contributed by atoms with E-state index in [-0.39, 0.29) is 34.6 Å². The molecule has 0 saturated carbocycles. The zero-order chi connectivity index (χ0) is 24.8. The second-order valence-electron chi connectivity index (χ2n) is 6.73. The van der Waals surface area contributed by atoms with Gasteiger partial charge >= 0.3 is 5.97 Å². The molecule has 3 amide bonds. The quantitative estimate of drug-likeness (QED) is 0.357. The first-order valence-corrected chi connectivity index (χ1v) is 11.7. The van der Waals surface area contributed by atoms with E-state index in [0.29, 0.717) is 21.8 Å². The van der Waals surface area contributed by atoms with E-state index in [1.807, 2.05) is 0 Å². The largest absolute Gasteiger partial charge is 0.479 e. The van der Waals surface area contributed by atoms with Gasteiger partial charge in [0, 0.05) is 5.69 Å². The van der Waals surface area contributed by atoms with Crippen LogP contribution in [0.1, 0.15) is 12.5 Å². The van der Waals surface area contributed by atoms with Crippen LogP contribution in [0.5, 0.6) is 5.75 Å². The summed E-state index contributed by atoms with van der Waals surface area (Å²) >= 11 is 10.2. The molecule has 8 nitrogen and oxygen atoms in total. The number of nitrogens with zero attached hydrogens (tertiary/aromatic N) is 1. The molecule has 1 aliphatic heterocycles. The lowest BCUT2D eigenvalue weighted by atomic mass is 10.2. The van der Waals surface area contributed by atoms with Crippen LogP contribution in [0.3, 0.4) is 0 Å². The van der Waals surface area contributed by atoms with Crippen LogP contribution in [0.15, 0.2) is 45.8 Å². The smallest absolute Gasteiger partial charge is 0.344 e. The summed E-state index contributed by atoms with van der Waals surface area (Å²) in [5, 5.41) is 1.99. The highest BCUT2D eigenvalue weighted by Gasteiger charge is 2.36. The average molecular weight is 572 g/mol. The van der Waals surface area contributed by atoms with Crippen molar-refractivity contribution in [2.24, 2.45) is 0 Å². The van der Waals surface area contributed by atoms with Crippen molar-refractivity contribution in [2.75, 3.05) is 25.1 Å². The molecule has 1 heterocycles. The maximum atomic E-state index is 13.3. The fourth-order valence-corrected chi connectivity index (χ4v) is 4.66. The Hall–Kier alpha value is -2.89. The van der Waals surface area contributed by atoms with Gasteiger partial charge in [-0.25, -0.2) is 9.18 Å². The molecule has 1 fully saturated rings. The van der Waals surface area contributed by atoms with Gasteiger partial charge in [-0.3, -0.25) is 19.3 Å². The third-order valence-corrected chi connectivity index (χ3v) is 6.02. The van der Waals surface area contributed by atoms with Crippen molar-refractivity contribution >= 4 is 74.1 Å². The summed E-state index contributed by atoms with van der Waals surface area (Å²) in [5.74, 6) is -2.17. The molecule has 2 aromatic carbocycles. The Bertz CT molecular complexity index is 1170. The lowest BCUT2D eigenvalue weighted by Gasteiger charge is -2.12. The average Bonchev–Trinajstić information content (AvgIpc) is 3.00. The Labute approximate surface area is 211 Å². The Morgan fingerprint density at radius 1 is 1.26 bits per heavy atom. The van der Waals surface area contributed by atoms with Gasteiger partial charge in [0.2, 0.25) is 5.91 Å². The number of hydrogen-bond donors (Lipinski definition) is 1. The predicted molar refractivity (Wildman–Crippen MR) is 129 cm³/mol. The van der Waals surface area contributed by atoms with Crippen LogP contribution in [-0.2, 0) is 19.1 Å². The van der Waals surface area contributed by atoms with Gasteiger partial charge in [0.25, 0.3) is 11.1 Å². The third kappa shape index (κ3) is 6.58. The number of halogens is 3. The summed E-state index contributed by atoms with van der Waals surface area (Å²) in [6, 6.07) is 8.34. The van der Waals surface area contributed by atoms with Crippen LogP contribution >= 0.6 is 39.3 Å². The van der Waals surface area contributed by atoms with E-state index in [1.165, 1.54) is 30.3 Å².